The summed E-state index contributed by atoms with van der Waals surface area (Å²) in [6, 6.07) is 1.64. The highest BCUT2D eigenvalue weighted by Crippen LogP contribution is 2.12. The lowest BCUT2D eigenvalue weighted by Gasteiger charge is -2.31. The van der Waals surface area contributed by atoms with Crippen molar-refractivity contribution in [1.29, 1.82) is 0 Å². The van der Waals surface area contributed by atoms with Gasteiger partial charge in [0.05, 0.1) is 12.6 Å². The van der Waals surface area contributed by atoms with Crippen LogP contribution < -0.4 is 5.32 Å². The van der Waals surface area contributed by atoms with Crippen molar-refractivity contribution in [2.24, 2.45) is 0 Å². The first-order chi connectivity index (χ1) is 10.6. The Hall–Kier alpha value is -1.93. The van der Waals surface area contributed by atoms with Crippen LogP contribution in [0.1, 0.15) is 19.3 Å². The quantitative estimate of drug-likeness (QED) is 0.702. The first-order valence-electron chi connectivity index (χ1n) is 7.33. The average Bonchev–Trinajstić information content (AvgIpc) is 2.99. The molecule has 1 saturated heterocycles. The second kappa shape index (κ2) is 8.50. The van der Waals surface area contributed by atoms with E-state index in [0.717, 1.165) is 0 Å². The van der Waals surface area contributed by atoms with E-state index in [2.05, 4.69) is 10.4 Å². The summed E-state index contributed by atoms with van der Waals surface area (Å²) in [6.45, 7) is 1.13. The molecule has 122 valence electrons. The molecule has 2 N–H and O–H groups in total. The van der Waals surface area contributed by atoms with Crippen LogP contribution in [0.3, 0.4) is 0 Å². The topological polar surface area (TPSA) is 103 Å². The third-order valence-electron chi connectivity index (χ3n) is 3.42. The van der Waals surface area contributed by atoms with E-state index in [1.807, 2.05) is 12.3 Å². The Balaban J connectivity index is 1.71. The van der Waals surface area contributed by atoms with Crippen molar-refractivity contribution in [3.63, 3.8) is 0 Å². The fraction of sp³-hybridized carbons (Fsp3) is 0.643. The molecule has 0 unspecified atom stereocenters. The Morgan fingerprint density at radius 3 is 3.09 bits per heavy atom. The Bertz CT molecular complexity index is 477. The number of carboxylic acid groups (broad SMARTS) is 1. The fourth-order valence-corrected chi connectivity index (χ4v) is 2.33. The zero-order valence-corrected chi connectivity index (χ0v) is 12.3. The number of nitrogens with one attached hydrogen (secondary N) is 1. The molecule has 8 nitrogen and oxygen atoms in total. The number of aryl methyl sites for hydroxylation is 1. The number of hydrogen-bond acceptors (Lipinski definition) is 5. The Kier molecular flexibility index (Phi) is 6.35. The molecular weight excluding hydrogens is 290 g/mol. The van der Waals surface area contributed by atoms with Crippen LogP contribution in [0.5, 0.6) is 0 Å². The van der Waals surface area contributed by atoms with Crippen LogP contribution in [0, 0.1) is 0 Å². The minimum atomic E-state index is -1.03. The van der Waals surface area contributed by atoms with Gasteiger partial charge in [-0.2, -0.15) is 5.10 Å². The molecule has 1 aromatic heterocycles. The van der Waals surface area contributed by atoms with Gasteiger partial charge in [0.15, 0.2) is 0 Å². The Morgan fingerprint density at radius 2 is 2.36 bits per heavy atom. The summed E-state index contributed by atoms with van der Waals surface area (Å²) in [7, 11) is 0. The van der Waals surface area contributed by atoms with Crippen molar-refractivity contribution in [2.45, 2.75) is 38.0 Å². The Morgan fingerprint density at radius 1 is 1.50 bits per heavy atom. The molecule has 1 aromatic rings. The minimum absolute atomic E-state index is 0.0667. The summed E-state index contributed by atoms with van der Waals surface area (Å²) in [4.78, 5) is 22.5. The molecule has 2 rings (SSSR count). The van der Waals surface area contributed by atoms with Crippen molar-refractivity contribution in [1.82, 2.24) is 15.1 Å². The highest BCUT2D eigenvalue weighted by Gasteiger charge is 2.28. The maximum atomic E-state index is 12.0. The van der Waals surface area contributed by atoms with Gasteiger partial charge in [-0.25, -0.2) is 4.79 Å². The molecule has 1 aliphatic heterocycles. The van der Waals surface area contributed by atoms with Gasteiger partial charge in [-0.3, -0.25) is 9.48 Å². The van der Waals surface area contributed by atoms with Crippen LogP contribution in [-0.4, -0.2) is 58.7 Å². The van der Waals surface area contributed by atoms with Crippen LogP contribution >= 0.6 is 0 Å². The largest absolute Gasteiger partial charge is 0.480 e. The van der Waals surface area contributed by atoms with E-state index in [1.54, 1.807) is 10.9 Å². The fourth-order valence-electron chi connectivity index (χ4n) is 2.33. The van der Waals surface area contributed by atoms with E-state index in [0.29, 0.717) is 39.0 Å². The molecule has 1 fully saturated rings. The molecular formula is C14H21N3O5. The van der Waals surface area contributed by atoms with Crippen LogP contribution in [-0.2, 0) is 25.6 Å². The number of amides is 1. The lowest BCUT2D eigenvalue weighted by molar-refractivity contribution is -0.149. The molecule has 2 heterocycles. The van der Waals surface area contributed by atoms with Gasteiger partial charge in [0.2, 0.25) is 5.91 Å². The van der Waals surface area contributed by atoms with Crippen molar-refractivity contribution < 1.29 is 24.2 Å². The molecule has 0 aliphatic carbocycles. The number of carbonyl (C=O) groups is 2. The second-order valence-electron chi connectivity index (χ2n) is 5.15. The van der Waals surface area contributed by atoms with Gasteiger partial charge in [0.25, 0.3) is 0 Å². The molecule has 2 atom stereocenters. The summed E-state index contributed by atoms with van der Waals surface area (Å²) < 4.78 is 12.3. The zero-order valence-electron chi connectivity index (χ0n) is 12.3. The molecule has 0 saturated carbocycles. The molecule has 0 aromatic carbocycles. The number of carbonyl (C=O) groups excluding carboxylic acids is 1. The maximum Gasteiger partial charge on any atom is 0.329 e. The summed E-state index contributed by atoms with van der Waals surface area (Å²) in [5, 5.41) is 15.6. The lowest BCUT2D eigenvalue weighted by Crippen LogP contribution is -2.50. The van der Waals surface area contributed by atoms with E-state index in [9.17, 15) is 9.59 Å². The van der Waals surface area contributed by atoms with Crippen LogP contribution in [0.2, 0.25) is 0 Å². The highest BCUT2D eigenvalue weighted by molar-refractivity contribution is 5.76. The predicted octanol–water partition coefficient (Wildman–Crippen LogP) is 0.0382. The van der Waals surface area contributed by atoms with Crippen molar-refractivity contribution in [3.8, 4) is 0 Å². The van der Waals surface area contributed by atoms with E-state index >= 15 is 0 Å². The smallest absolute Gasteiger partial charge is 0.329 e. The van der Waals surface area contributed by atoms with Gasteiger partial charge in [0.1, 0.15) is 12.7 Å². The molecule has 8 heteroatoms. The Labute approximate surface area is 128 Å². The number of rotatable bonds is 8. The number of aliphatic carboxylic acids is 1. The van der Waals surface area contributed by atoms with Gasteiger partial charge in [-0.1, -0.05) is 0 Å². The number of nitrogens with zero attached hydrogens (tertiary/aromatic N) is 2. The lowest BCUT2D eigenvalue weighted by atomic mass is 10.1. The van der Waals surface area contributed by atoms with Gasteiger partial charge >= 0.3 is 5.97 Å². The number of hydrogen-bond donors (Lipinski definition) is 2. The summed E-state index contributed by atoms with van der Waals surface area (Å²) >= 11 is 0. The normalized spacial score (nSPS) is 21.5. The predicted molar refractivity (Wildman–Crippen MR) is 76.2 cm³/mol. The maximum absolute atomic E-state index is 12.0. The van der Waals surface area contributed by atoms with E-state index in [4.69, 9.17) is 14.6 Å². The average molecular weight is 311 g/mol. The first kappa shape index (κ1) is 16.4. The van der Waals surface area contributed by atoms with E-state index < -0.39 is 12.1 Å². The molecule has 1 aliphatic rings. The van der Waals surface area contributed by atoms with Gasteiger partial charge in [-0.15, -0.1) is 0 Å². The summed E-state index contributed by atoms with van der Waals surface area (Å²) in [6.07, 6.45) is 4.84. The van der Waals surface area contributed by atoms with E-state index in [1.165, 1.54) is 0 Å². The van der Waals surface area contributed by atoms with Crippen molar-refractivity contribution in [3.05, 3.63) is 18.5 Å². The monoisotopic (exact) mass is 311 g/mol. The number of ether oxygens (including phenoxy) is 2. The van der Waals surface area contributed by atoms with Crippen molar-refractivity contribution in [2.75, 3.05) is 19.8 Å². The first-order valence-corrected chi connectivity index (χ1v) is 7.33. The van der Waals surface area contributed by atoms with Crippen LogP contribution in [0.15, 0.2) is 18.5 Å². The molecule has 0 radical (unpaired) electrons. The van der Waals surface area contributed by atoms with Gasteiger partial charge in [-0.05, 0) is 18.9 Å². The number of aromatic nitrogens is 2. The van der Waals surface area contributed by atoms with Gasteiger partial charge in [0, 0.05) is 32.0 Å². The second-order valence-corrected chi connectivity index (χ2v) is 5.15. The minimum Gasteiger partial charge on any atom is -0.480 e. The standard InChI is InChI=1S/C14H21N3O5/c18-13(3-1-6-17-7-2-5-15-17)16-11-4-8-21-9-12(11)22-10-14(19)20/h2,5,7,11-12H,1,3-4,6,8-10H2,(H,16,18)(H,19,20)/t11-,12-/m1/s1. The van der Waals surface area contributed by atoms with Crippen LogP contribution in [0.25, 0.3) is 0 Å². The summed E-state index contributed by atoms with van der Waals surface area (Å²) in [5.41, 5.74) is 0. The molecule has 22 heavy (non-hydrogen) atoms. The SMILES string of the molecule is O=C(O)CO[C@@H]1COCC[C@H]1NC(=O)CCCn1cccn1. The molecule has 0 bridgehead atoms. The zero-order chi connectivity index (χ0) is 15.8. The van der Waals surface area contributed by atoms with Crippen molar-refractivity contribution >= 4 is 11.9 Å². The van der Waals surface area contributed by atoms with E-state index in [-0.39, 0.29) is 18.6 Å². The van der Waals surface area contributed by atoms with Crippen LogP contribution in [0.4, 0.5) is 0 Å². The molecule has 0 spiro atoms. The highest BCUT2D eigenvalue weighted by atomic mass is 16.5. The molecule has 1 amide bonds. The third kappa shape index (κ3) is 5.45. The summed E-state index contributed by atoms with van der Waals surface area (Å²) in [5.74, 6) is -1.10. The third-order valence-corrected chi connectivity index (χ3v) is 3.42. The number of carboxylic acids is 1. The van der Waals surface area contributed by atoms with Gasteiger partial charge < -0.3 is 19.9 Å².